The maximum atomic E-state index is 4.16. The average molecular weight is 160 g/mol. The van der Waals surface area contributed by atoms with Crippen LogP contribution >= 0.6 is 0 Å². The first-order chi connectivity index (χ1) is 5.92. The summed E-state index contributed by atoms with van der Waals surface area (Å²) in [7, 11) is 0. The van der Waals surface area contributed by atoms with Gasteiger partial charge in [0.15, 0.2) is 5.65 Å². The van der Waals surface area contributed by atoms with Gasteiger partial charge in [-0.2, -0.15) is 0 Å². The van der Waals surface area contributed by atoms with Gasteiger partial charge >= 0.3 is 0 Å². The fraction of sp³-hybridized carbons (Fsp3) is 0.222. The molecule has 0 aliphatic carbocycles. The van der Waals surface area contributed by atoms with E-state index >= 15 is 0 Å². The first kappa shape index (κ1) is 7.28. The fourth-order valence-electron chi connectivity index (χ4n) is 1.25. The standard InChI is InChI=1S/C9H10N3/c1-2-6-12-7-11-9-8(12)4-3-5-10-9/h3-5,7H,1-2,6H2. The van der Waals surface area contributed by atoms with E-state index in [1.54, 1.807) is 6.20 Å². The highest BCUT2D eigenvalue weighted by Gasteiger charge is 1.99. The van der Waals surface area contributed by atoms with Crippen LogP contribution in [-0.4, -0.2) is 14.5 Å². The topological polar surface area (TPSA) is 30.7 Å². The van der Waals surface area contributed by atoms with E-state index in [-0.39, 0.29) is 0 Å². The van der Waals surface area contributed by atoms with Crippen molar-refractivity contribution in [3.05, 3.63) is 31.6 Å². The number of rotatable bonds is 2. The molecule has 2 aromatic rings. The first-order valence-corrected chi connectivity index (χ1v) is 3.97. The highest BCUT2D eigenvalue weighted by molar-refractivity contribution is 5.70. The minimum absolute atomic E-state index is 0.811. The van der Waals surface area contributed by atoms with E-state index in [9.17, 15) is 0 Å². The summed E-state index contributed by atoms with van der Waals surface area (Å²) < 4.78 is 2.06. The molecule has 1 radical (unpaired) electrons. The van der Waals surface area contributed by atoms with Crippen LogP contribution < -0.4 is 0 Å². The summed E-state index contributed by atoms with van der Waals surface area (Å²) >= 11 is 0. The number of hydrogen-bond acceptors (Lipinski definition) is 2. The fourth-order valence-corrected chi connectivity index (χ4v) is 1.25. The normalized spacial score (nSPS) is 10.8. The maximum Gasteiger partial charge on any atom is 0.177 e. The number of fused-ring (bicyclic) bond motifs is 1. The molecule has 2 aromatic heterocycles. The molecule has 3 nitrogen and oxygen atoms in total. The number of imidazole rings is 1. The largest absolute Gasteiger partial charge is 0.329 e. The monoisotopic (exact) mass is 160 g/mol. The van der Waals surface area contributed by atoms with Crippen LogP contribution in [0.15, 0.2) is 24.7 Å². The number of pyridine rings is 1. The second kappa shape index (κ2) is 2.93. The highest BCUT2D eigenvalue weighted by Crippen LogP contribution is 2.08. The molecule has 61 valence electrons. The molecule has 0 amide bonds. The third kappa shape index (κ3) is 1.07. The van der Waals surface area contributed by atoms with Gasteiger partial charge < -0.3 is 4.57 Å². The predicted molar refractivity (Wildman–Crippen MR) is 47.5 cm³/mol. The molecule has 0 aromatic carbocycles. The zero-order chi connectivity index (χ0) is 8.39. The van der Waals surface area contributed by atoms with Gasteiger partial charge in [-0.05, 0) is 18.6 Å². The second-order valence-electron chi connectivity index (χ2n) is 2.64. The summed E-state index contributed by atoms with van der Waals surface area (Å²) in [5, 5.41) is 0. The van der Waals surface area contributed by atoms with Crippen LogP contribution in [0.3, 0.4) is 0 Å². The van der Waals surface area contributed by atoms with Gasteiger partial charge in [-0.15, -0.1) is 0 Å². The molecule has 2 heterocycles. The van der Waals surface area contributed by atoms with Gasteiger partial charge in [0.2, 0.25) is 0 Å². The van der Waals surface area contributed by atoms with Gasteiger partial charge in [0.1, 0.15) is 0 Å². The SMILES string of the molecule is [CH2]CCn1cnc2ncccc21. The van der Waals surface area contributed by atoms with Crippen LogP contribution in [0.2, 0.25) is 0 Å². The molecule has 0 bridgehead atoms. The van der Waals surface area contributed by atoms with Crippen molar-refractivity contribution in [3.63, 3.8) is 0 Å². The summed E-state index contributed by atoms with van der Waals surface area (Å²) in [5.74, 6) is 0. The summed E-state index contributed by atoms with van der Waals surface area (Å²) in [4.78, 5) is 8.29. The van der Waals surface area contributed by atoms with Crippen molar-refractivity contribution in [1.82, 2.24) is 14.5 Å². The number of nitrogens with zero attached hydrogens (tertiary/aromatic N) is 3. The molecular formula is C9H10N3. The van der Waals surface area contributed by atoms with E-state index < -0.39 is 0 Å². The number of hydrogen-bond donors (Lipinski definition) is 0. The average Bonchev–Trinajstić information content (AvgIpc) is 2.50. The van der Waals surface area contributed by atoms with E-state index in [0.717, 1.165) is 24.1 Å². The van der Waals surface area contributed by atoms with Gasteiger partial charge in [-0.25, -0.2) is 9.97 Å². The quantitative estimate of drug-likeness (QED) is 0.668. The smallest absolute Gasteiger partial charge is 0.177 e. The van der Waals surface area contributed by atoms with Crippen LogP contribution in [0.5, 0.6) is 0 Å². The van der Waals surface area contributed by atoms with Crippen molar-refractivity contribution in [1.29, 1.82) is 0 Å². The summed E-state index contributed by atoms with van der Waals surface area (Å²) in [6.45, 7) is 4.70. The van der Waals surface area contributed by atoms with Crippen LogP contribution in [0.1, 0.15) is 6.42 Å². The van der Waals surface area contributed by atoms with Crippen molar-refractivity contribution in [3.8, 4) is 0 Å². The molecular weight excluding hydrogens is 150 g/mol. The van der Waals surface area contributed by atoms with E-state index in [0.29, 0.717) is 0 Å². The number of aromatic nitrogens is 3. The molecule has 0 saturated carbocycles. The second-order valence-corrected chi connectivity index (χ2v) is 2.64. The van der Waals surface area contributed by atoms with Crippen molar-refractivity contribution in [2.24, 2.45) is 0 Å². The Morgan fingerprint density at radius 2 is 2.33 bits per heavy atom. The van der Waals surface area contributed by atoms with Gasteiger partial charge in [0, 0.05) is 12.7 Å². The molecule has 2 rings (SSSR count). The Kier molecular flexibility index (Phi) is 1.78. The van der Waals surface area contributed by atoms with Gasteiger partial charge in [-0.3, -0.25) is 0 Å². The lowest BCUT2D eigenvalue weighted by molar-refractivity contribution is 0.729. The lowest BCUT2D eigenvalue weighted by Crippen LogP contribution is -1.93. The lowest BCUT2D eigenvalue weighted by atomic mass is 10.4. The van der Waals surface area contributed by atoms with Gasteiger partial charge in [0.05, 0.1) is 11.8 Å². The van der Waals surface area contributed by atoms with E-state index in [4.69, 9.17) is 0 Å². The highest BCUT2D eigenvalue weighted by atomic mass is 15.1. The minimum atomic E-state index is 0.811. The molecule has 3 heteroatoms. The Bertz CT molecular complexity index is 378. The molecule has 12 heavy (non-hydrogen) atoms. The Balaban J connectivity index is 2.55. The van der Waals surface area contributed by atoms with Crippen LogP contribution in [-0.2, 0) is 6.54 Å². The van der Waals surface area contributed by atoms with E-state index in [1.807, 2.05) is 18.5 Å². The minimum Gasteiger partial charge on any atom is -0.329 e. The summed E-state index contributed by atoms with van der Waals surface area (Å²) in [6.07, 6.45) is 4.44. The molecule has 0 aliphatic heterocycles. The van der Waals surface area contributed by atoms with Crippen molar-refractivity contribution < 1.29 is 0 Å². The molecule has 0 aliphatic rings. The van der Waals surface area contributed by atoms with Crippen molar-refractivity contribution in [2.45, 2.75) is 13.0 Å². The van der Waals surface area contributed by atoms with Crippen molar-refractivity contribution in [2.75, 3.05) is 0 Å². The van der Waals surface area contributed by atoms with Gasteiger partial charge in [-0.1, -0.05) is 6.92 Å². The molecule has 0 fully saturated rings. The zero-order valence-corrected chi connectivity index (χ0v) is 6.77. The Morgan fingerprint density at radius 3 is 3.17 bits per heavy atom. The lowest BCUT2D eigenvalue weighted by Gasteiger charge is -1.98. The Hall–Kier alpha value is -1.38. The molecule has 0 N–H and O–H groups in total. The predicted octanol–water partition coefficient (Wildman–Crippen LogP) is 1.66. The summed E-state index contributed by atoms with van der Waals surface area (Å²) in [5.41, 5.74) is 1.90. The van der Waals surface area contributed by atoms with Gasteiger partial charge in [0.25, 0.3) is 0 Å². The molecule has 0 saturated heterocycles. The maximum absolute atomic E-state index is 4.16. The van der Waals surface area contributed by atoms with E-state index in [1.165, 1.54) is 0 Å². The zero-order valence-electron chi connectivity index (χ0n) is 6.77. The Labute approximate surface area is 71.1 Å². The summed E-state index contributed by atoms with van der Waals surface area (Å²) in [6, 6.07) is 3.94. The third-order valence-corrected chi connectivity index (χ3v) is 1.79. The molecule has 0 spiro atoms. The molecule has 0 unspecified atom stereocenters. The Morgan fingerprint density at radius 1 is 1.42 bits per heavy atom. The van der Waals surface area contributed by atoms with E-state index in [2.05, 4.69) is 21.5 Å². The third-order valence-electron chi connectivity index (χ3n) is 1.79. The van der Waals surface area contributed by atoms with Crippen LogP contribution in [0.4, 0.5) is 0 Å². The van der Waals surface area contributed by atoms with Crippen LogP contribution in [0, 0.1) is 6.92 Å². The first-order valence-electron chi connectivity index (χ1n) is 3.97. The van der Waals surface area contributed by atoms with Crippen molar-refractivity contribution >= 4 is 11.2 Å². The molecule has 0 atom stereocenters. The van der Waals surface area contributed by atoms with Crippen LogP contribution in [0.25, 0.3) is 11.2 Å². The number of aryl methyl sites for hydroxylation is 1.